The molecule has 3 rings (SSSR count). The van der Waals surface area contributed by atoms with Gasteiger partial charge in [-0.05, 0) is 11.6 Å². The molecule has 1 amide bonds. The number of thiazole rings is 1. The Labute approximate surface area is 126 Å². The zero-order valence-electron chi connectivity index (χ0n) is 9.83. The number of carbonyl (C=O) groups excluding carboxylic acids is 1. The molecule has 20 heavy (non-hydrogen) atoms. The van der Waals surface area contributed by atoms with Gasteiger partial charge in [0.15, 0.2) is 10.8 Å². The van der Waals surface area contributed by atoms with Gasteiger partial charge in [-0.25, -0.2) is 15.0 Å². The van der Waals surface area contributed by atoms with Gasteiger partial charge in [0.1, 0.15) is 10.5 Å². The fraction of sp³-hybridized carbons (Fsp3) is 0.100. The number of rotatable bonds is 4. The predicted molar refractivity (Wildman–Crippen MR) is 78.2 cm³/mol. The van der Waals surface area contributed by atoms with Crippen LogP contribution in [-0.2, 0) is 4.79 Å². The van der Waals surface area contributed by atoms with Crippen molar-refractivity contribution in [2.75, 3.05) is 11.1 Å². The number of nitrogens with one attached hydrogen (secondary N) is 2. The number of thioether (sulfide) groups is 1. The lowest BCUT2D eigenvalue weighted by Gasteiger charge is -2.02. The normalized spacial score (nSPS) is 10.8. The number of hydrogen-bond donors (Lipinski definition) is 2. The first kappa shape index (κ1) is 13.3. The summed E-state index contributed by atoms with van der Waals surface area (Å²) in [6.07, 6.45) is 3.14. The van der Waals surface area contributed by atoms with Gasteiger partial charge in [0.05, 0.1) is 12.1 Å². The third kappa shape index (κ3) is 2.89. The van der Waals surface area contributed by atoms with E-state index >= 15 is 0 Å². The first-order chi connectivity index (χ1) is 9.72. The highest BCUT2D eigenvalue weighted by Crippen LogP contribution is 2.24. The van der Waals surface area contributed by atoms with Crippen LogP contribution in [0.3, 0.4) is 0 Å². The Hall–Kier alpha value is -1.71. The topological polar surface area (TPSA) is 96.5 Å². The molecule has 0 fully saturated rings. The zero-order chi connectivity index (χ0) is 13.9. The summed E-state index contributed by atoms with van der Waals surface area (Å²) in [5.41, 5.74) is 1.15. The molecule has 0 unspecified atom stereocenters. The minimum absolute atomic E-state index is 0.104. The number of hydrogen-bond acceptors (Lipinski definition) is 7. The Morgan fingerprint density at radius 2 is 2.35 bits per heavy atom. The predicted octanol–water partition coefficient (Wildman–Crippen LogP) is 2.19. The van der Waals surface area contributed by atoms with Crippen LogP contribution in [0.1, 0.15) is 0 Å². The number of carbonyl (C=O) groups is 1. The van der Waals surface area contributed by atoms with Gasteiger partial charge in [-0.2, -0.15) is 4.98 Å². The third-order valence-electron chi connectivity index (χ3n) is 2.24. The van der Waals surface area contributed by atoms with Crippen LogP contribution in [0.25, 0.3) is 11.2 Å². The number of H-pyrrole nitrogens is 1. The number of nitrogens with zero attached hydrogens (tertiary/aromatic N) is 4. The van der Waals surface area contributed by atoms with Crippen molar-refractivity contribution in [1.29, 1.82) is 0 Å². The van der Waals surface area contributed by atoms with Gasteiger partial charge in [-0.1, -0.05) is 11.8 Å². The Morgan fingerprint density at radius 3 is 3.15 bits per heavy atom. The van der Waals surface area contributed by atoms with E-state index in [9.17, 15) is 4.79 Å². The van der Waals surface area contributed by atoms with Gasteiger partial charge in [0.2, 0.25) is 11.2 Å². The fourth-order valence-electron chi connectivity index (χ4n) is 1.46. The second kappa shape index (κ2) is 5.73. The number of imidazole rings is 1. The van der Waals surface area contributed by atoms with Crippen LogP contribution < -0.4 is 5.32 Å². The Bertz CT molecular complexity index is 743. The van der Waals surface area contributed by atoms with Crippen molar-refractivity contribution in [2.45, 2.75) is 5.03 Å². The summed E-state index contributed by atoms with van der Waals surface area (Å²) in [5, 5.41) is 5.75. The summed E-state index contributed by atoms with van der Waals surface area (Å²) in [6, 6.07) is 0. The Kier molecular flexibility index (Phi) is 3.81. The SMILES string of the molecule is O=C(CSc1nc(Cl)nc2nc[nH]c12)Nc1nccs1. The third-order valence-corrected chi connectivity index (χ3v) is 4.08. The highest BCUT2D eigenvalue weighted by atomic mass is 35.5. The summed E-state index contributed by atoms with van der Waals surface area (Å²) in [7, 11) is 0. The quantitative estimate of drug-likeness (QED) is 0.433. The Morgan fingerprint density at radius 1 is 1.45 bits per heavy atom. The first-order valence-electron chi connectivity index (χ1n) is 5.41. The smallest absolute Gasteiger partial charge is 0.236 e. The van der Waals surface area contributed by atoms with Gasteiger partial charge >= 0.3 is 0 Å². The molecule has 0 saturated heterocycles. The molecule has 7 nitrogen and oxygen atoms in total. The summed E-state index contributed by atoms with van der Waals surface area (Å²) in [6.45, 7) is 0. The molecule has 0 aliphatic heterocycles. The van der Waals surface area contributed by atoms with Gasteiger partial charge in [0, 0.05) is 11.6 Å². The molecule has 0 saturated carbocycles. The van der Waals surface area contributed by atoms with Crippen LogP contribution in [0.5, 0.6) is 0 Å². The highest BCUT2D eigenvalue weighted by Gasteiger charge is 2.12. The lowest BCUT2D eigenvalue weighted by Crippen LogP contribution is -2.13. The molecule has 3 aromatic rings. The summed E-state index contributed by atoms with van der Waals surface area (Å²) < 4.78 is 0. The molecular weight excluding hydrogens is 320 g/mol. The van der Waals surface area contributed by atoms with Gasteiger partial charge in [0.25, 0.3) is 0 Å². The van der Waals surface area contributed by atoms with Gasteiger partial charge < -0.3 is 10.3 Å². The van der Waals surface area contributed by atoms with Crippen molar-refractivity contribution in [3.63, 3.8) is 0 Å². The van der Waals surface area contributed by atoms with Crippen molar-refractivity contribution >= 4 is 56.9 Å². The molecule has 0 aliphatic carbocycles. The minimum Gasteiger partial charge on any atom is -0.341 e. The van der Waals surface area contributed by atoms with E-state index in [-0.39, 0.29) is 16.9 Å². The minimum atomic E-state index is -0.160. The Balaban J connectivity index is 1.70. The van der Waals surface area contributed by atoms with Crippen LogP contribution in [0.4, 0.5) is 5.13 Å². The monoisotopic (exact) mass is 326 g/mol. The number of amides is 1. The summed E-state index contributed by atoms with van der Waals surface area (Å²) in [4.78, 5) is 30.8. The molecule has 102 valence electrons. The van der Waals surface area contributed by atoms with E-state index in [4.69, 9.17) is 11.6 Å². The number of halogens is 1. The van der Waals surface area contributed by atoms with Crippen LogP contribution in [0.15, 0.2) is 22.9 Å². The largest absolute Gasteiger partial charge is 0.341 e. The van der Waals surface area contributed by atoms with Crippen molar-refractivity contribution in [3.05, 3.63) is 23.2 Å². The number of aromatic amines is 1. The first-order valence-corrected chi connectivity index (χ1v) is 7.65. The van der Waals surface area contributed by atoms with Crippen LogP contribution in [-0.4, -0.2) is 36.6 Å². The van der Waals surface area contributed by atoms with Crippen LogP contribution >= 0.6 is 34.7 Å². The highest BCUT2D eigenvalue weighted by molar-refractivity contribution is 8.00. The zero-order valence-corrected chi connectivity index (χ0v) is 12.2. The molecule has 3 heterocycles. The molecule has 0 atom stereocenters. The van der Waals surface area contributed by atoms with Crippen molar-refractivity contribution in [3.8, 4) is 0 Å². The molecule has 2 N–H and O–H groups in total. The van der Waals surface area contributed by atoms with Crippen LogP contribution in [0.2, 0.25) is 5.28 Å². The molecule has 0 bridgehead atoms. The second-order valence-corrected chi connectivity index (χ2v) is 5.77. The van der Waals surface area contributed by atoms with E-state index in [0.29, 0.717) is 21.3 Å². The summed E-state index contributed by atoms with van der Waals surface area (Å²) in [5.74, 6) is 0.0356. The van der Waals surface area contributed by atoms with E-state index < -0.39 is 0 Å². The van der Waals surface area contributed by atoms with Crippen molar-refractivity contribution < 1.29 is 4.79 Å². The lowest BCUT2D eigenvalue weighted by molar-refractivity contribution is -0.113. The van der Waals surface area contributed by atoms with Crippen molar-refractivity contribution in [2.24, 2.45) is 0 Å². The van der Waals surface area contributed by atoms with Crippen LogP contribution in [0, 0.1) is 0 Å². The van der Waals surface area contributed by atoms with E-state index in [2.05, 4.69) is 30.2 Å². The molecule has 0 aromatic carbocycles. The number of aromatic nitrogens is 5. The number of anilines is 1. The molecule has 0 radical (unpaired) electrons. The number of fused-ring (bicyclic) bond motifs is 1. The molecular formula is C10H7ClN6OS2. The standard InChI is InChI=1S/C10H7ClN6OS2/c11-9-16-7-6(13-4-14-7)8(17-9)20-3-5(18)15-10-12-1-2-19-10/h1-2,4H,3H2,(H,12,15,18)(H,13,14,16,17). The average molecular weight is 327 g/mol. The molecule has 3 aromatic heterocycles. The van der Waals surface area contributed by atoms with Gasteiger partial charge in [-0.15, -0.1) is 11.3 Å². The van der Waals surface area contributed by atoms with E-state index in [1.54, 1.807) is 11.6 Å². The van der Waals surface area contributed by atoms with Crippen molar-refractivity contribution in [1.82, 2.24) is 24.9 Å². The molecule has 0 aliphatic rings. The fourth-order valence-corrected chi connectivity index (χ4v) is 3.01. The van der Waals surface area contributed by atoms with E-state index in [1.807, 2.05) is 0 Å². The molecule has 10 heteroatoms. The maximum Gasteiger partial charge on any atom is 0.236 e. The molecule has 0 spiro atoms. The van der Waals surface area contributed by atoms with E-state index in [0.717, 1.165) is 0 Å². The maximum atomic E-state index is 11.8. The average Bonchev–Trinajstić information content (AvgIpc) is 3.06. The van der Waals surface area contributed by atoms with E-state index in [1.165, 1.54) is 29.4 Å². The summed E-state index contributed by atoms with van der Waals surface area (Å²) >= 11 is 8.43. The van der Waals surface area contributed by atoms with Gasteiger partial charge in [-0.3, -0.25) is 4.79 Å². The lowest BCUT2D eigenvalue weighted by atomic mass is 10.6. The second-order valence-electron chi connectivity index (χ2n) is 3.57. The maximum absolute atomic E-state index is 11.8.